The minimum Gasteiger partial charge on any atom is -0.383 e. The number of rotatable bonds is 1. The number of aliphatic imine (C=N–C) groups is 1. The van der Waals surface area contributed by atoms with E-state index in [-0.39, 0.29) is 11.5 Å². The molecule has 1 spiro atoms. The highest BCUT2D eigenvalue weighted by Gasteiger charge is 2.52. The molecule has 1 fully saturated rings. The van der Waals surface area contributed by atoms with E-state index in [0.29, 0.717) is 11.1 Å². The number of non-ortho nitro benzene ring substituents is 1. The van der Waals surface area contributed by atoms with Gasteiger partial charge in [0.2, 0.25) is 0 Å². The van der Waals surface area contributed by atoms with E-state index < -0.39 is 17.1 Å². The fourth-order valence-corrected chi connectivity index (χ4v) is 2.05. The van der Waals surface area contributed by atoms with Crippen molar-refractivity contribution in [3.8, 4) is 0 Å². The van der Waals surface area contributed by atoms with E-state index >= 15 is 0 Å². The minimum absolute atomic E-state index is 0.0419. The number of ether oxygens (including phenoxy) is 2. The highest BCUT2D eigenvalue weighted by atomic mass is 16.9. The van der Waals surface area contributed by atoms with Crippen molar-refractivity contribution in [3.05, 3.63) is 39.4 Å². The minimum atomic E-state index is -1.27. The van der Waals surface area contributed by atoms with Crippen molar-refractivity contribution in [1.29, 1.82) is 0 Å². The van der Waals surface area contributed by atoms with Gasteiger partial charge < -0.3 is 5.73 Å². The molecule has 0 unspecified atom stereocenters. The van der Waals surface area contributed by atoms with Crippen LogP contribution in [-0.2, 0) is 15.4 Å². The first-order valence-corrected chi connectivity index (χ1v) is 5.02. The third-order valence-corrected chi connectivity index (χ3v) is 2.75. The van der Waals surface area contributed by atoms with Gasteiger partial charge in [0.05, 0.1) is 10.5 Å². The van der Waals surface area contributed by atoms with E-state index in [2.05, 4.69) is 4.99 Å². The molecule has 1 saturated heterocycles. The van der Waals surface area contributed by atoms with Crippen LogP contribution in [0.1, 0.15) is 18.1 Å². The van der Waals surface area contributed by atoms with Gasteiger partial charge in [0.25, 0.3) is 5.69 Å². The predicted molar refractivity (Wildman–Crippen MR) is 57.1 cm³/mol. The first-order valence-electron chi connectivity index (χ1n) is 5.02. The second-order valence-corrected chi connectivity index (χ2v) is 3.87. The van der Waals surface area contributed by atoms with Crippen LogP contribution in [0.4, 0.5) is 5.69 Å². The maximum absolute atomic E-state index is 10.7. The molecular formula is C10H9N3O4. The van der Waals surface area contributed by atoms with Crippen molar-refractivity contribution in [2.24, 2.45) is 10.7 Å². The molecule has 1 aromatic carbocycles. The Morgan fingerprint density at radius 3 is 2.82 bits per heavy atom. The Hall–Kier alpha value is -1.99. The van der Waals surface area contributed by atoms with Crippen molar-refractivity contribution in [2.45, 2.75) is 19.1 Å². The van der Waals surface area contributed by atoms with Crippen LogP contribution in [0, 0.1) is 10.1 Å². The third-order valence-electron chi connectivity index (χ3n) is 2.75. The van der Waals surface area contributed by atoms with E-state index in [9.17, 15) is 10.1 Å². The van der Waals surface area contributed by atoms with Gasteiger partial charge in [-0.3, -0.25) is 19.6 Å². The molecular weight excluding hydrogens is 226 g/mol. The lowest BCUT2D eigenvalue weighted by Crippen LogP contribution is -2.47. The molecule has 0 saturated carbocycles. The van der Waals surface area contributed by atoms with Gasteiger partial charge in [0, 0.05) is 17.7 Å². The highest BCUT2D eigenvalue weighted by molar-refractivity contribution is 6.01. The van der Waals surface area contributed by atoms with Crippen molar-refractivity contribution >= 4 is 11.5 Å². The van der Waals surface area contributed by atoms with E-state index in [1.54, 1.807) is 13.0 Å². The summed E-state index contributed by atoms with van der Waals surface area (Å²) in [4.78, 5) is 14.3. The first-order chi connectivity index (χ1) is 8.02. The number of hydrogen-bond donors (Lipinski definition) is 1. The summed E-state index contributed by atoms with van der Waals surface area (Å²) in [6, 6.07) is 4.31. The second-order valence-electron chi connectivity index (χ2n) is 3.87. The van der Waals surface area contributed by atoms with E-state index in [4.69, 9.17) is 15.2 Å². The first kappa shape index (κ1) is 10.2. The topological polar surface area (TPSA) is 100.0 Å². The highest BCUT2D eigenvalue weighted by Crippen LogP contribution is 2.46. The lowest BCUT2D eigenvalue weighted by molar-refractivity contribution is -0.451. The summed E-state index contributed by atoms with van der Waals surface area (Å²) in [7, 11) is 0. The summed E-state index contributed by atoms with van der Waals surface area (Å²) in [5.74, 6) is -1.01. The Balaban J connectivity index is 2.12. The van der Waals surface area contributed by atoms with Crippen LogP contribution in [-0.4, -0.2) is 17.0 Å². The maximum atomic E-state index is 10.7. The maximum Gasteiger partial charge on any atom is 0.305 e. The van der Waals surface area contributed by atoms with Gasteiger partial charge in [-0.15, -0.1) is 0 Å². The van der Waals surface area contributed by atoms with Gasteiger partial charge in [0.15, 0.2) is 6.29 Å². The van der Waals surface area contributed by atoms with Gasteiger partial charge >= 0.3 is 5.91 Å². The summed E-state index contributed by atoms with van der Waals surface area (Å²) >= 11 is 0. The van der Waals surface area contributed by atoms with Gasteiger partial charge in [-0.05, 0) is 13.0 Å². The number of nitro benzene ring substituents is 1. The number of nitrogens with zero attached hydrogens (tertiary/aromatic N) is 2. The molecule has 0 aliphatic carbocycles. The normalized spacial score (nSPS) is 29.7. The predicted octanol–water partition coefficient (Wildman–Crippen LogP) is 0.817. The molecule has 1 aromatic rings. The number of fused-ring (bicyclic) bond motifs is 2. The molecule has 2 heterocycles. The van der Waals surface area contributed by atoms with Crippen molar-refractivity contribution in [3.63, 3.8) is 0 Å². The second kappa shape index (κ2) is 3.02. The van der Waals surface area contributed by atoms with Crippen molar-refractivity contribution in [2.75, 3.05) is 0 Å². The monoisotopic (exact) mass is 235 g/mol. The quantitative estimate of drug-likeness (QED) is 0.573. The zero-order chi connectivity index (χ0) is 12.2. The summed E-state index contributed by atoms with van der Waals surface area (Å²) in [6.45, 7) is 1.71. The zero-order valence-corrected chi connectivity index (χ0v) is 8.91. The molecule has 2 aliphatic rings. The van der Waals surface area contributed by atoms with Crippen LogP contribution in [0.2, 0.25) is 0 Å². The molecule has 7 heteroatoms. The summed E-state index contributed by atoms with van der Waals surface area (Å²) in [6.07, 6.45) is -0.392. The fraction of sp³-hybridized carbons (Fsp3) is 0.300. The Kier molecular flexibility index (Phi) is 1.81. The molecule has 7 nitrogen and oxygen atoms in total. The van der Waals surface area contributed by atoms with Gasteiger partial charge in [0.1, 0.15) is 5.84 Å². The largest absolute Gasteiger partial charge is 0.383 e. The summed E-state index contributed by atoms with van der Waals surface area (Å²) in [5, 5.41) is 10.7. The van der Waals surface area contributed by atoms with Crippen LogP contribution in [0.3, 0.4) is 0 Å². The lowest BCUT2D eigenvalue weighted by Gasteiger charge is -2.40. The molecule has 0 atom stereocenters. The molecule has 88 valence electrons. The van der Waals surface area contributed by atoms with Gasteiger partial charge in [-0.2, -0.15) is 0 Å². The Labute approximate surface area is 96.0 Å². The van der Waals surface area contributed by atoms with E-state index in [1.807, 2.05) is 0 Å². The fourth-order valence-electron chi connectivity index (χ4n) is 2.05. The molecule has 0 amide bonds. The molecule has 0 bridgehead atoms. The van der Waals surface area contributed by atoms with Crippen LogP contribution in [0.15, 0.2) is 23.2 Å². The Morgan fingerprint density at radius 1 is 1.53 bits per heavy atom. The molecule has 0 radical (unpaired) electrons. The third kappa shape index (κ3) is 1.26. The number of hydrogen-bond acceptors (Lipinski definition) is 6. The summed E-state index contributed by atoms with van der Waals surface area (Å²) in [5.41, 5.74) is 6.78. The number of nitrogens with two attached hydrogens (primary N) is 1. The molecule has 2 aliphatic heterocycles. The van der Waals surface area contributed by atoms with Crippen molar-refractivity contribution in [1.82, 2.24) is 0 Å². The average molecular weight is 235 g/mol. The molecule has 3 rings (SSSR count). The smallest absolute Gasteiger partial charge is 0.305 e. The van der Waals surface area contributed by atoms with Gasteiger partial charge in [-0.25, -0.2) is 4.99 Å². The number of benzene rings is 1. The Morgan fingerprint density at radius 2 is 2.24 bits per heavy atom. The molecule has 0 aromatic heterocycles. The van der Waals surface area contributed by atoms with E-state index in [1.165, 1.54) is 12.1 Å². The standard InChI is InChI=1S/C10H9N3O4/c1-5-16-10(17-5)8-4-6(13(14)15)2-3-7(8)9(11)12-10/h2-5H,1H3,(H2,11,12). The van der Waals surface area contributed by atoms with E-state index in [0.717, 1.165) is 0 Å². The SMILES string of the molecule is CC1OC2(N=C(N)c3ccc([N+](=O)[O-])cc32)O1. The number of nitro groups is 1. The molecule has 2 N–H and O–H groups in total. The van der Waals surface area contributed by atoms with Crippen LogP contribution in [0.25, 0.3) is 0 Å². The van der Waals surface area contributed by atoms with Crippen LogP contribution in [0.5, 0.6) is 0 Å². The summed E-state index contributed by atoms with van der Waals surface area (Å²) < 4.78 is 10.8. The van der Waals surface area contributed by atoms with Crippen molar-refractivity contribution < 1.29 is 14.4 Å². The Bertz CT molecular complexity index is 548. The lowest BCUT2D eigenvalue weighted by atomic mass is 10.0. The van der Waals surface area contributed by atoms with Gasteiger partial charge in [-0.1, -0.05) is 0 Å². The van der Waals surface area contributed by atoms with Crippen LogP contribution < -0.4 is 5.73 Å². The zero-order valence-electron chi connectivity index (χ0n) is 8.91. The average Bonchev–Trinajstić information content (AvgIpc) is 2.52. The molecule has 17 heavy (non-hydrogen) atoms. The van der Waals surface area contributed by atoms with Crippen LogP contribution >= 0.6 is 0 Å². The number of amidine groups is 1.